The van der Waals surface area contributed by atoms with Gasteiger partial charge in [0.05, 0.1) is 12.7 Å². The number of hydrogen-bond acceptors (Lipinski definition) is 3. The molecule has 6 heteroatoms. The summed E-state index contributed by atoms with van der Waals surface area (Å²) in [6.45, 7) is 0. The Morgan fingerprint density at radius 1 is 1.75 bits per heavy atom. The number of aromatic nitrogens is 2. The molecule has 0 aliphatic rings. The topological polar surface area (TPSA) is 76.9 Å². The monoisotopic (exact) mass is 190 g/mol. The number of aryl methyl sites for hydroxylation is 1. The molecule has 0 aliphatic heterocycles. The van der Waals surface area contributed by atoms with Crippen molar-refractivity contribution in [2.75, 3.05) is 7.11 Å². The summed E-state index contributed by atoms with van der Waals surface area (Å²) in [5.41, 5.74) is 5.78. The number of ether oxygens (including phenoxy) is 1. The average molecular weight is 191 g/mol. The van der Waals surface area contributed by atoms with Gasteiger partial charge in [-0.2, -0.15) is 0 Å². The highest BCUT2D eigenvalue weighted by Crippen LogP contribution is 2.12. The van der Waals surface area contributed by atoms with Crippen LogP contribution in [-0.2, 0) is 7.05 Å². The number of amidine groups is 1. The molecule has 0 saturated heterocycles. The van der Waals surface area contributed by atoms with Crippen molar-refractivity contribution in [2.24, 2.45) is 12.8 Å². The molecule has 1 aromatic rings. The molecule has 0 aromatic carbocycles. The molecule has 0 radical (unpaired) electrons. The van der Waals surface area contributed by atoms with E-state index in [4.69, 9.17) is 15.9 Å². The van der Waals surface area contributed by atoms with Gasteiger partial charge in [-0.15, -0.1) is 17.5 Å². The van der Waals surface area contributed by atoms with E-state index in [1.54, 1.807) is 17.9 Å². The number of nitrogens with two attached hydrogens (primary N) is 1. The molecular weight excluding hydrogens is 180 g/mol. The molecule has 1 aromatic heterocycles. The van der Waals surface area contributed by atoms with Crippen molar-refractivity contribution >= 4 is 18.2 Å². The van der Waals surface area contributed by atoms with Crippen molar-refractivity contribution in [3.63, 3.8) is 0 Å². The van der Waals surface area contributed by atoms with Gasteiger partial charge in [0.1, 0.15) is 5.84 Å². The van der Waals surface area contributed by atoms with Crippen LogP contribution in [-0.4, -0.2) is 22.7 Å². The van der Waals surface area contributed by atoms with Gasteiger partial charge in [-0.05, 0) is 0 Å². The lowest BCUT2D eigenvalue weighted by atomic mass is 10.3. The zero-order valence-electron chi connectivity index (χ0n) is 6.87. The number of nitrogens with one attached hydrogen (secondary N) is 1. The van der Waals surface area contributed by atoms with E-state index in [0.29, 0.717) is 11.4 Å². The highest BCUT2D eigenvalue weighted by Gasteiger charge is 2.09. The lowest BCUT2D eigenvalue weighted by molar-refractivity contribution is 0.391. The maximum absolute atomic E-state index is 7.14. The van der Waals surface area contributed by atoms with Gasteiger partial charge < -0.3 is 10.5 Å². The average Bonchev–Trinajstić information content (AvgIpc) is 2.30. The van der Waals surface area contributed by atoms with Gasteiger partial charge in [0.2, 0.25) is 5.88 Å². The van der Waals surface area contributed by atoms with Crippen LogP contribution in [0, 0.1) is 5.41 Å². The van der Waals surface area contributed by atoms with Crippen LogP contribution in [0.2, 0.25) is 0 Å². The van der Waals surface area contributed by atoms with Crippen molar-refractivity contribution in [1.82, 2.24) is 9.78 Å². The van der Waals surface area contributed by atoms with Gasteiger partial charge in [0.25, 0.3) is 0 Å². The maximum Gasteiger partial charge on any atom is 0.243 e. The number of hydrogen-bond donors (Lipinski definition) is 2. The summed E-state index contributed by atoms with van der Waals surface area (Å²) in [4.78, 5) is 0. The second kappa shape index (κ2) is 3.96. The lowest BCUT2D eigenvalue weighted by Crippen LogP contribution is -2.11. The fourth-order valence-corrected chi connectivity index (χ4v) is 0.804. The Balaban J connectivity index is 0.00000121. The predicted molar refractivity (Wildman–Crippen MR) is 48.0 cm³/mol. The van der Waals surface area contributed by atoms with Crippen molar-refractivity contribution in [3.8, 4) is 5.88 Å². The smallest absolute Gasteiger partial charge is 0.243 e. The second-order valence-corrected chi connectivity index (χ2v) is 2.14. The summed E-state index contributed by atoms with van der Waals surface area (Å²) < 4.78 is 6.43. The number of nitrogens with zero attached hydrogens (tertiary/aromatic N) is 2. The first-order chi connectivity index (χ1) is 5.15. The third-order valence-electron chi connectivity index (χ3n) is 1.28. The summed E-state index contributed by atoms with van der Waals surface area (Å²) in [5, 5.41) is 11.1. The van der Waals surface area contributed by atoms with Crippen LogP contribution in [0.25, 0.3) is 0 Å². The largest absolute Gasteiger partial charge is 0.479 e. The molecule has 0 unspecified atom stereocenters. The number of methoxy groups -OCH3 is 1. The summed E-state index contributed by atoms with van der Waals surface area (Å²) in [6.07, 6.45) is 1.64. The molecule has 0 spiro atoms. The van der Waals surface area contributed by atoms with Gasteiger partial charge in [0, 0.05) is 13.2 Å². The fourth-order valence-electron chi connectivity index (χ4n) is 0.804. The van der Waals surface area contributed by atoms with Crippen molar-refractivity contribution in [3.05, 3.63) is 11.8 Å². The molecule has 12 heavy (non-hydrogen) atoms. The Kier molecular flexibility index (Phi) is 3.56. The van der Waals surface area contributed by atoms with E-state index in [-0.39, 0.29) is 18.2 Å². The van der Waals surface area contributed by atoms with Crippen LogP contribution in [0.3, 0.4) is 0 Å². The quantitative estimate of drug-likeness (QED) is 0.514. The van der Waals surface area contributed by atoms with E-state index in [2.05, 4.69) is 5.10 Å². The van der Waals surface area contributed by atoms with Crippen LogP contribution in [0.1, 0.15) is 5.56 Å². The zero-order valence-corrected chi connectivity index (χ0v) is 7.68. The van der Waals surface area contributed by atoms with Crippen molar-refractivity contribution < 1.29 is 4.74 Å². The number of rotatable bonds is 2. The first-order valence-corrected chi connectivity index (χ1v) is 3.07. The first kappa shape index (κ1) is 10.8. The minimum absolute atomic E-state index is 0. The minimum atomic E-state index is -0.0325. The zero-order chi connectivity index (χ0) is 8.43. The van der Waals surface area contributed by atoms with E-state index in [1.165, 1.54) is 7.11 Å². The highest BCUT2D eigenvalue weighted by atomic mass is 35.5. The van der Waals surface area contributed by atoms with E-state index in [1.807, 2.05) is 0 Å². The van der Waals surface area contributed by atoms with Crippen LogP contribution in [0.5, 0.6) is 5.88 Å². The van der Waals surface area contributed by atoms with Crippen LogP contribution < -0.4 is 10.5 Å². The Bertz CT molecular complexity index is 283. The summed E-state index contributed by atoms with van der Waals surface area (Å²) in [5.74, 6) is 0.356. The molecule has 0 aliphatic carbocycles. The molecule has 1 rings (SSSR count). The van der Waals surface area contributed by atoms with Crippen molar-refractivity contribution in [1.29, 1.82) is 5.41 Å². The normalized spacial score (nSPS) is 8.83. The molecule has 0 fully saturated rings. The Morgan fingerprint density at radius 3 is 2.67 bits per heavy atom. The van der Waals surface area contributed by atoms with E-state index in [9.17, 15) is 0 Å². The summed E-state index contributed by atoms with van der Waals surface area (Å²) in [7, 11) is 3.24. The van der Waals surface area contributed by atoms with Crippen LogP contribution in [0.4, 0.5) is 0 Å². The SMILES string of the molecule is COc1nn(C)cc1C(=N)N.Cl. The molecule has 0 bridgehead atoms. The molecule has 0 atom stereocenters. The standard InChI is InChI=1S/C6H10N4O.ClH/c1-10-3-4(5(7)8)6(9-10)11-2;/h3H,1-2H3,(H3,7,8);1H. The number of nitrogen functional groups attached to an aromatic ring is 1. The van der Waals surface area contributed by atoms with Crippen molar-refractivity contribution in [2.45, 2.75) is 0 Å². The van der Waals surface area contributed by atoms with Gasteiger partial charge >= 0.3 is 0 Å². The maximum atomic E-state index is 7.14. The Labute approximate surface area is 76.4 Å². The molecule has 3 N–H and O–H groups in total. The van der Waals surface area contributed by atoms with Gasteiger partial charge in [-0.1, -0.05) is 0 Å². The van der Waals surface area contributed by atoms with E-state index in [0.717, 1.165) is 0 Å². The molecule has 1 heterocycles. The Morgan fingerprint density at radius 2 is 2.33 bits per heavy atom. The highest BCUT2D eigenvalue weighted by molar-refractivity contribution is 5.96. The number of halogens is 1. The fraction of sp³-hybridized carbons (Fsp3) is 0.333. The first-order valence-electron chi connectivity index (χ1n) is 3.07. The van der Waals surface area contributed by atoms with E-state index >= 15 is 0 Å². The second-order valence-electron chi connectivity index (χ2n) is 2.14. The van der Waals surface area contributed by atoms with Gasteiger partial charge in [0.15, 0.2) is 0 Å². The van der Waals surface area contributed by atoms with Gasteiger partial charge in [-0.25, -0.2) is 0 Å². The van der Waals surface area contributed by atoms with Crippen LogP contribution in [0.15, 0.2) is 6.20 Å². The molecule has 0 saturated carbocycles. The molecule has 68 valence electrons. The molecule has 0 amide bonds. The summed E-state index contributed by atoms with van der Waals surface area (Å²) in [6, 6.07) is 0. The van der Waals surface area contributed by atoms with Gasteiger partial charge in [-0.3, -0.25) is 10.1 Å². The van der Waals surface area contributed by atoms with Crippen LogP contribution >= 0.6 is 12.4 Å². The van der Waals surface area contributed by atoms with E-state index < -0.39 is 0 Å². The molecular formula is C6H11ClN4O. The molecule has 5 nitrogen and oxygen atoms in total. The lowest BCUT2D eigenvalue weighted by Gasteiger charge is -1.95. The minimum Gasteiger partial charge on any atom is -0.479 e. The third-order valence-corrected chi connectivity index (χ3v) is 1.28. The Hall–Kier alpha value is -1.23. The summed E-state index contributed by atoms with van der Waals surface area (Å²) >= 11 is 0. The third kappa shape index (κ3) is 1.88. The predicted octanol–water partition coefficient (Wildman–Crippen LogP) is 0.135.